The maximum Gasteiger partial charge on any atom is 0.329 e. The van der Waals surface area contributed by atoms with E-state index in [1.54, 1.807) is 0 Å². The lowest BCUT2D eigenvalue weighted by atomic mass is 10.3. The molecule has 27 heteroatoms. The van der Waals surface area contributed by atoms with Gasteiger partial charge in [-0.2, -0.15) is 0 Å². The zero-order valence-corrected chi connectivity index (χ0v) is 34.7. The van der Waals surface area contributed by atoms with Crippen LogP contribution in [0.3, 0.4) is 0 Å². The molecule has 1 saturated heterocycles. The number of rotatable bonds is 6. The van der Waals surface area contributed by atoms with Gasteiger partial charge in [-0.25, -0.2) is 43.2 Å². The average molecular weight is 883 g/mol. The van der Waals surface area contributed by atoms with Crippen molar-refractivity contribution >= 4 is 119 Å². The van der Waals surface area contributed by atoms with Crippen LogP contribution >= 0.6 is 64.8 Å². The monoisotopic (exact) mass is 882 g/mol. The summed E-state index contributed by atoms with van der Waals surface area (Å²) >= 11 is 0. The highest BCUT2D eigenvalue weighted by molar-refractivity contribution is 8.77. The van der Waals surface area contributed by atoms with Crippen LogP contribution in [0.4, 0.5) is 14.4 Å². The molecule has 6 N–H and O–H groups in total. The first-order valence-corrected chi connectivity index (χ1v) is 22.6. The van der Waals surface area contributed by atoms with Gasteiger partial charge in [0.05, 0.1) is 42.7 Å². The van der Waals surface area contributed by atoms with Gasteiger partial charge in [-0.05, 0) is 0 Å². The second-order valence-corrected chi connectivity index (χ2v) is 17.7. The number of esters is 6. The molecule has 0 aromatic carbocycles. The molecule has 0 aromatic rings. The molecule has 306 valence electrons. The van der Waals surface area contributed by atoms with Crippen LogP contribution in [0.2, 0.25) is 0 Å². The standard InChI is InChI=1S/C27H42N6O15S6/c1-43-19(34)13-7-49-50-8-15(21(36)45-3)30-26(41)31-17(23(38)47-5)11-53-54-12-18(24(39)48-6)33-27(42)32-16(22(37)46-4)10-52-51-9-14(20(35)44-2)29-25(40)28-13/h13-18H,7-12H2,1-6H3,(H2,28,29,40)(H2,30,31,41)(H2,32,33,42). The maximum atomic E-state index is 12.9. The summed E-state index contributed by atoms with van der Waals surface area (Å²) in [6.45, 7) is 0. The van der Waals surface area contributed by atoms with Gasteiger partial charge >= 0.3 is 53.9 Å². The Kier molecular flexibility index (Phi) is 24.7. The van der Waals surface area contributed by atoms with Crippen LogP contribution in [0.15, 0.2) is 0 Å². The summed E-state index contributed by atoms with van der Waals surface area (Å²) in [5, 5.41) is 14.5. The van der Waals surface area contributed by atoms with Crippen LogP contribution in [-0.4, -0.2) is 167 Å². The Morgan fingerprint density at radius 2 is 0.481 bits per heavy atom. The lowest BCUT2D eigenvalue weighted by Crippen LogP contribution is -2.53. The molecule has 1 fully saturated rings. The fourth-order valence-electron chi connectivity index (χ4n) is 3.64. The zero-order valence-electron chi connectivity index (χ0n) is 29.8. The van der Waals surface area contributed by atoms with Crippen molar-refractivity contribution in [2.75, 3.05) is 77.2 Å². The van der Waals surface area contributed by atoms with Gasteiger partial charge in [-0.3, -0.25) is 0 Å². The number of ether oxygens (including phenoxy) is 6. The van der Waals surface area contributed by atoms with Crippen molar-refractivity contribution in [1.29, 1.82) is 0 Å². The lowest BCUT2D eigenvalue weighted by molar-refractivity contribution is -0.143. The van der Waals surface area contributed by atoms with E-state index in [4.69, 9.17) is 28.4 Å². The van der Waals surface area contributed by atoms with Crippen molar-refractivity contribution in [3.05, 3.63) is 0 Å². The molecule has 0 aliphatic carbocycles. The molecule has 1 heterocycles. The van der Waals surface area contributed by atoms with Gasteiger partial charge in [0.2, 0.25) is 0 Å². The van der Waals surface area contributed by atoms with Crippen LogP contribution in [-0.2, 0) is 57.2 Å². The molecule has 0 bridgehead atoms. The van der Waals surface area contributed by atoms with Crippen LogP contribution in [0.25, 0.3) is 0 Å². The first-order chi connectivity index (χ1) is 25.7. The molecule has 6 atom stereocenters. The van der Waals surface area contributed by atoms with Crippen molar-refractivity contribution in [1.82, 2.24) is 31.9 Å². The number of methoxy groups -OCH3 is 6. The fraction of sp³-hybridized carbons (Fsp3) is 0.667. The normalized spacial score (nSPS) is 24.7. The molecule has 0 aromatic heterocycles. The van der Waals surface area contributed by atoms with Gasteiger partial charge in [-0.1, -0.05) is 64.8 Å². The minimum Gasteiger partial charge on any atom is -0.467 e. The van der Waals surface area contributed by atoms with Crippen LogP contribution < -0.4 is 31.9 Å². The minimum absolute atomic E-state index is 0.0794. The molecule has 21 nitrogen and oxygen atoms in total. The molecule has 1 rings (SSSR count). The van der Waals surface area contributed by atoms with Gasteiger partial charge in [0, 0.05) is 34.5 Å². The molecule has 0 radical (unpaired) electrons. The van der Waals surface area contributed by atoms with E-state index in [1.165, 1.54) is 0 Å². The van der Waals surface area contributed by atoms with Gasteiger partial charge in [-0.15, -0.1) is 0 Å². The summed E-state index contributed by atoms with van der Waals surface area (Å²) in [5.41, 5.74) is 0. The van der Waals surface area contributed by atoms with Crippen LogP contribution in [0, 0.1) is 0 Å². The molecule has 1 aliphatic rings. The first kappa shape index (κ1) is 48.7. The number of urea groups is 3. The summed E-state index contributed by atoms with van der Waals surface area (Å²) in [7, 11) is 12.9. The molecule has 0 saturated carbocycles. The number of hydrogen-bond acceptors (Lipinski definition) is 21. The highest BCUT2D eigenvalue weighted by Crippen LogP contribution is 2.26. The Morgan fingerprint density at radius 3 is 0.593 bits per heavy atom. The number of hydrogen-bond donors (Lipinski definition) is 6. The summed E-state index contributed by atoms with van der Waals surface area (Å²) in [6.07, 6.45) is 0. The number of amides is 6. The first-order valence-electron chi connectivity index (χ1n) is 15.2. The highest BCUT2D eigenvalue weighted by atomic mass is 33.1. The van der Waals surface area contributed by atoms with E-state index in [1.807, 2.05) is 0 Å². The highest BCUT2D eigenvalue weighted by Gasteiger charge is 2.31. The Bertz CT molecular complexity index is 1080. The van der Waals surface area contributed by atoms with Crippen LogP contribution in [0.1, 0.15) is 0 Å². The van der Waals surface area contributed by atoms with E-state index in [2.05, 4.69) is 31.9 Å². The minimum atomic E-state index is -1.23. The van der Waals surface area contributed by atoms with Crippen molar-refractivity contribution in [3.63, 3.8) is 0 Å². The van der Waals surface area contributed by atoms with E-state index in [-0.39, 0.29) is 34.5 Å². The molecule has 54 heavy (non-hydrogen) atoms. The topological polar surface area (TPSA) is 281 Å². The third kappa shape index (κ3) is 18.4. The smallest absolute Gasteiger partial charge is 0.329 e. The zero-order chi connectivity index (χ0) is 40.6. The molecule has 0 spiro atoms. The number of carbonyl (C=O) groups is 9. The summed E-state index contributed by atoms with van der Waals surface area (Å²) < 4.78 is 28.7. The summed E-state index contributed by atoms with van der Waals surface area (Å²) in [5.74, 6) is -5.41. The van der Waals surface area contributed by atoms with Crippen molar-refractivity contribution in [2.24, 2.45) is 0 Å². The van der Waals surface area contributed by atoms with Gasteiger partial charge < -0.3 is 60.3 Å². The third-order valence-corrected chi connectivity index (χ3v) is 13.7. The Morgan fingerprint density at radius 1 is 0.352 bits per heavy atom. The second-order valence-electron chi connectivity index (χ2n) is 10.0. The second kappa shape index (κ2) is 27.3. The lowest BCUT2D eigenvalue weighted by Gasteiger charge is -2.21. The van der Waals surface area contributed by atoms with Crippen molar-refractivity contribution in [2.45, 2.75) is 36.3 Å². The third-order valence-electron chi connectivity index (χ3n) is 6.40. The van der Waals surface area contributed by atoms with Gasteiger partial charge in [0.25, 0.3) is 0 Å². The quantitative estimate of drug-likeness (QED) is 0.109. The van der Waals surface area contributed by atoms with E-state index in [0.29, 0.717) is 0 Å². The summed E-state index contributed by atoms with van der Waals surface area (Å²) in [6, 6.07) is -10.1. The Labute approximate surface area is 334 Å². The molecule has 1 aliphatic heterocycles. The maximum absolute atomic E-state index is 12.9. The predicted molar refractivity (Wildman–Crippen MR) is 205 cm³/mol. The molecular formula is C27H42N6O15S6. The van der Waals surface area contributed by atoms with Crippen molar-refractivity contribution < 1.29 is 71.6 Å². The van der Waals surface area contributed by atoms with E-state index in [9.17, 15) is 43.2 Å². The van der Waals surface area contributed by atoms with Crippen molar-refractivity contribution in [3.8, 4) is 0 Å². The van der Waals surface area contributed by atoms with Gasteiger partial charge in [0.15, 0.2) is 0 Å². The molecule has 6 unspecified atom stereocenters. The predicted octanol–water partition coefficient (Wildman–Crippen LogP) is -0.709. The fourth-order valence-corrected chi connectivity index (χ4v) is 10.5. The van der Waals surface area contributed by atoms with Crippen LogP contribution in [0.5, 0.6) is 0 Å². The van der Waals surface area contributed by atoms with E-state index in [0.717, 1.165) is 107 Å². The number of nitrogens with one attached hydrogen (secondary N) is 6. The SMILES string of the molecule is COC(=O)C1CSSCC(C(=O)OC)NC(=O)NC(C(=O)OC)CSSCC(C(=O)OC)NC(=O)NC(C(=O)OC)CSSCC(C(=O)OC)NC(=O)N1. The molecular weight excluding hydrogens is 841 g/mol. The molecule has 6 amide bonds. The average Bonchev–Trinajstić information content (AvgIpc) is 3.17. The number of carbonyl (C=O) groups excluding carboxylic acids is 9. The van der Waals surface area contributed by atoms with E-state index < -0.39 is 90.2 Å². The summed E-state index contributed by atoms with van der Waals surface area (Å²) in [4.78, 5) is 113. The Hall–Kier alpha value is -3.27. The van der Waals surface area contributed by atoms with Gasteiger partial charge in [0.1, 0.15) is 36.3 Å². The largest absolute Gasteiger partial charge is 0.467 e. The Balaban J connectivity index is 3.34. The van der Waals surface area contributed by atoms with E-state index >= 15 is 0 Å².